The first-order valence-electron chi connectivity index (χ1n) is 6.93. The van der Waals surface area contributed by atoms with Crippen LogP contribution < -0.4 is 0 Å². The fourth-order valence-electron chi connectivity index (χ4n) is 2.44. The van der Waals surface area contributed by atoms with E-state index in [1.807, 2.05) is 31.2 Å². The molecule has 0 saturated carbocycles. The van der Waals surface area contributed by atoms with Gasteiger partial charge in [0.25, 0.3) is 0 Å². The monoisotopic (exact) mass is 260 g/mol. The maximum Gasteiger partial charge on any atom is 0.306 e. The first kappa shape index (κ1) is 13.8. The number of benzene rings is 1. The van der Waals surface area contributed by atoms with Crippen LogP contribution in [0.1, 0.15) is 43.7 Å². The van der Waals surface area contributed by atoms with E-state index in [9.17, 15) is 9.59 Å². The van der Waals surface area contributed by atoms with Gasteiger partial charge in [0.05, 0.1) is 6.10 Å². The van der Waals surface area contributed by atoms with Gasteiger partial charge in [-0.15, -0.1) is 0 Å². The van der Waals surface area contributed by atoms with Crippen molar-refractivity contribution in [3.05, 3.63) is 35.4 Å². The van der Waals surface area contributed by atoms with Crippen molar-refractivity contribution in [3.63, 3.8) is 0 Å². The molecule has 1 aliphatic heterocycles. The van der Waals surface area contributed by atoms with Gasteiger partial charge in [-0.2, -0.15) is 0 Å². The van der Waals surface area contributed by atoms with Crippen LogP contribution in [0.5, 0.6) is 0 Å². The second-order valence-electron chi connectivity index (χ2n) is 5.18. The van der Waals surface area contributed by atoms with Crippen molar-refractivity contribution in [1.82, 2.24) is 0 Å². The lowest BCUT2D eigenvalue weighted by Gasteiger charge is -2.15. The fraction of sp³-hybridized carbons (Fsp3) is 0.500. The van der Waals surface area contributed by atoms with Crippen molar-refractivity contribution in [1.29, 1.82) is 0 Å². The molecule has 0 saturated heterocycles. The van der Waals surface area contributed by atoms with E-state index in [0.29, 0.717) is 25.7 Å². The van der Waals surface area contributed by atoms with E-state index in [1.165, 1.54) is 0 Å². The summed E-state index contributed by atoms with van der Waals surface area (Å²) < 4.78 is 5.32. The van der Waals surface area contributed by atoms with Crippen LogP contribution in [0.15, 0.2) is 24.3 Å². The maximum atomic E-state index is 11.9. The highest BCUT2D eigenvalue weighted by Gasteiger charge is 2.14. The van der Waals surface area contributed by atoms with E-state index in [0.717, 1.165) is 24.0 Å². The molecule has 0 spiro atoms. The highest BCUT2D eigenvalue weighted by Crippen LogP contribution is 2.16. The molecule has 102 valence electrons. The minimum Gasteiger partial charge on any atom is -0.463 e. The molecule has 1 heterocycles. The van der Waals surface area contributed by atoms with Crippen LogP contribution in [0.2, 0.25) is 0 Å². The predicted octanol–water partition coefficient (Wildman–Crippen LogP) is 2.85. The summed E-state index contributed by atoms with van der Waals surface area (Å²) >= 11 is 0. The van der Waals surface area contributed by atoms with Crippen LogP contribution in [0, 0.1) is 0 Å². The number of rotatable bonds is 0. The second kappa shape index (κ2) is 6.50. The normalized spacial score (nSPS) is 21.8. The Balaban J connectivity index is 2.15. The minimum atomic E-state index is -0.144. The summed E-state index contributed by atoms with van der Waals surface area (Å²) in [6, 6.07) is 7.86. The smallest absolute Gasteiger partial charge is 0.306 e. The van der Waals surface area contributed by atoms with Crippen molar-refractivity contribution < 1.29 is 14.3 Å². The number of fused-ring (bicyclic) bond motifs is 1. The number of Topliss-reactive ketones (excluding diaryl/α,β-unsaturated/α-hetero) is 1. The van der Waals surface area contributed by atoms with E-state index in [2.05, 4.69) is 0 Å². The zero-order chi connectivity index (χ0) is 13.7. The molecule has 0 amide bonds. The van der Waals surface area contributed by atoms with Gasteiger partial charge in [-0.25, -0.2) is 0 Å². The van der Waals surface area contributed by atoms with E-state index in [4.69, 9.17) is 4.74 Å². The topological polar surface area (TPSA) is 43.4 Å². The van der Waals surface area contributed by atoms with Gasteiger partial charge in [0.2, 0.25) is 0 Å². The number of carbonyl (C=O) groups is 2. The van der Waals surface area contributed by atoms with Gasteiger partial charge in [0.1, 0.15) is 5.78 Å². The molecule has 0 fully saturated rings. The standard InChI is InChI=1S/C16H20O3/c1-12-5-4-8-15(17)11-14-7-3-2-6-13(14)9-10-16(18)19-12/h2-3,6-7,12H,4-5,8-11H2,1H3. The summed E-state index contributed by atoms with van der Waals surface area (Å²) in [5.74, 6) is 0.126. The Morgan fingerprint density at radius 2 is 1.79 bits per heavy atom. The van der Waals surface area contributed by atoms with Crippen LogP contribution in [0.4, 0.5) is 0 Å². The number of ketones is 1. The summed E-state index contributed by atoms with van der Waals surface area (Å²) in [5, 5.41) is 0. The van der Waals surface area contributed by atoms with Crippen LogP contribution >= 0.6 is 0 Å². The molecule has 1 aromatic carbocycles. The molecule has 1 aromatic rings. The molecule has 19 heavy (non-hydrogen) atoms. The molecule has 0 N–H and O–H groups in total. The van der Waals surface area contributed by atoms with E-state index in [-0.39, 0.29) is 17.9 Å². The molecular weight excluding hydrogens is 240 g/mol. The SMILES string of the molecule is CC1CCCC(=O)Cc2ccccc2CCC(=O)O1. The Kier molecular flexibility index (Phi) is 4.72. The van der Waals surface area contributed by atoms with Gasteiger partial charge >= 0.3 is 5.97 Å². The summed E-state index contributed by atoms with van der Waals surface area (Å²) in [5.41, 5.74) is 2.13. The van der Waals surface area contributed by atoms with Gasteiger partial charge in [-0.3, -0.25) is 9.59 Å². The number of carbonyl (C=O) groups excluding carboxylic acids is 2. The molecule has 0 radical (unpaired) electrons. The molecule has 0 aliphatic carbocycles. The van der Waals surface area contributed by atoms with Crippen molar-refractivity contribution >= 4 is 11.8 Å². The van der Waals surface area contributed by atoms with Gasteiger partial charge in [0.15, 0.2) is 0 Å². The average Bonchev–Trinajstić information content (AvgIpc) is 2.36. The Labute approximate surface area is 114 Å². The lowest BCUT2D eigenvalue weighted by atomic mass is 9.96. The van der Waals surface area contributed by atoms with Gasteiger partial charge in [-0.1, -0.05) is 24.3 Å². The van der Waals surface area contributed by atoms with E-state index < -0.39 is 0 Å². The maximum absolute atomic E-state index is 11.9. The van der Waals surface area contributed by atoms with E-state index >= 15 is 0 Å². The van der Waals surface area contributed by atoms with Gasteiger partial charge < -0.3 is 4.74 Å². The number of esters is 1. The van der Waals surface area contributed by atoms with Crippen molar-refractivity contribution in [3.8, 4) is 0 Å². The number of cyclic esters (lactones) is 1. The Hall–Kier alpha value is -1.64. The highest BCUT2D eigenvalue weighted by atomic mass is 16.5. The molecule has 3 nitrogen and oxygen atoms in total. The zero-order valence-electron chi connectivity index (χ0n) is 11.4. The zero-order valence-corrected chi connectivity index (χ0v) is 11.4. The van der Waals surface area contributed by atoms with Crippen LogP contribution in [-0.2, 0) is 27.2 Å². The number of hydrogen-bond acceptors (Lipinski definition) is 3. The average molecular weight is 260 g/mol. The third-order valence-corrected chi connectivity index (χ3v) is 3.50. The molecule has 0 aromatic heterocycles. The molecule has 2 rings (SSSR count). The van der Waals surface area contributed by atoms with Crippen molar-refractivity contribution in [2.24, 2.45) is 0 Å². The summed E-state index contributed by atoms with van der Waals surface area (Å²) in [4.78, 5) is 23.6. The summed E-state index contributed by atoms with van der Waals surface area (Å²) in [7, 11) is 0. The predicted molar refractivity (Wildman–Crippen MR) is 72.9 cm³/mol. The molecule has 1 unspecified atom stereocenters. The third-order valence-electron chi connectivity index (χ3n) is 3.50. The lowest BCUT2D eigenvalue weighted by Crippen LogP contribution is -2.17. The second-order valence-corrected chi connectivity index (χ2v) is 5.18. The largest absolute Gasteiger partial charge is 0.463 e. The van der Waals surface area contributed by atoms with Crippen LogP contribution in [0.25, 0.3) is 0 Å². The summed E-state index contributed by atoms with van der Waals surface area (Å²) in [6.07, 6.45) is 3.55. The highest BCUT2D eigenvalue weighted by molar-refractivity contribution is 5.81. The van der Waals surface area contributed by atoms with Gasteiger partial charge in [-0.05, 0) is 37.3 Å². The number of aryl methyl sites for hydroxylation is 1. The third kappa shape index (κ3) is 4.19. The molecule has 0 bridgehead atoms. The Bertz CT molecular complexity index is 465. The Morgan fingerprint density at radius 3 is 2.58 bits per heavy atom. The summed E-state index contributed by atoms with van der Waals surface area (Å²) in [6.45, 7) is 1.89. The molecule has 3 heteroatoms. The molecule has 1 atom stereocenters. The first-order chi connectivity index (χ1) is 9.15. The van der Waals surface area contributed by atoms with Crippen LogP contribution in [-0.4, -0.2) is 17.9 Å². The molecule has 1 aliphatic rings. The van der Waals surface area contributed by atoms with E-state index in [1.54, 1.807) is 0 Å². The van der Waals surface area contributed by atoms with Crippen molar-refractivity contribution in [2.75, 3.05) is 0 Å². The lowest BCUT2D eigenvalue weighted by molar-refractivity contribution is -0.148. The first-order valence-corrected chi connectivity index (χ1v) is 6.93. The molecular formula is C16H20O3. The van der Waals surface area contributed by atoms with Gasteiger partial charge in [0, 0.05) is 19.3 Å². The quantitative estimate of drug-likeness (QED) is 0.674. The fourth-order valence-corrected chi connectivity index (χ4v) is 2.44. The minimum absolute atomic E-state index is 0.0880. The van der Waals surface area contributed by atoms with Crippen LogP contribution in [0.3, 0.4) is 0 Å². The van der Waals surface area contributed by atoms with Crippen molar-refractivity contribution in [2.45, 2.75) is 51.6 Å². The number of hydrogen-bond donors (Lipinski definition) is 0. The Morgan fingerprint density at radius 1 is 1.05 bits per heavy atom. The number of ether oxygens (including phenoxy) is 1.